The fourth-order valence-electron chi connectivity index (χ4n) is 1.83. The molecule has 1 aliphatic rings. The fourth-order valence-corrected chi connectivity index (χ4v) is 1.83. The van der Waals surface area contributed by atoms with Crippen LogP contribution in [0, 0.1) is 11.8 Å². The summed E-state index contributed by atoms with van der Waals surface area (Å²) in [6.07, 6.45) is 7.12. The summed E-state index contributed by atoms with van der Waals surface area (Å²) in [4.78, 5) is 0. The highest BCUT2D eigenvalue weighted by molar-refractivity contribution is 4.72. The molecule has 0 aromatic heterocycles. The van der Waals surface area contributed by atoms with E-state index in [1.165, 1.54) is 32.1 Å². The summed E-state index contributed by atoms with van der Waals surface area (Å²) in [7, 11) is 0. The molecule has 0 heteroatoms. The van der Waals surface area contributed by atoms with Gasteiger partial charge in [-0.15, -0.1) is 0 Å². The number of rotatable bonds is 1. The first kappa shape index (κ1) is 11.0. The van der Waals surface area contributed by atoms with Crippen molar-refractivity contribution in [3.05, 3.63) is 0 Å². The Morgan fingerprint density at radius 2 is 1.64 bits per heavy atom. The molecule has 0 amide bonds. The first-order valence-corrected chi connectivity index (χ1v) is 5.26. The van der Waals surface area contributed by atoms with Gasteiger partial charge in [0.2, 0.25) is 0 Å². The molecule has 0 saturated heterocycles. The third-order valence-corrected chi connectivity index (χ3v) is 2.56. The summed E-state index contributed by atoms with van der Waals surface area (Å²) >= 11 is 0. The van der Waals surface area contributed by atoms with E-state index in [0.29, 0.717) is 0 Å². The SMILES string of the molecule is CCC.CCC1CCCC1C. The van der Waals surface area contributed by atoms with Crippen LogP contribution in [0.5, 0.6) is 0 Å². The second-order valence-electron chi connectivity index (χ2n) is 3.78. The molecule has 1 rings (SSSR count). The molecular formula is C11H24. The summed E-state index contributed by atoms with van der Waals surface area (Å²) in [6.45, 7) is 8.95. The van der Waals surface area contributed by atoms with Gasteiger partial charge in [0.1, 0.15) is 0 Å². The van der Waals surface area contributed by atoms with E-state index in [4.69, 9.17) is 0 Å². The topological polar surface area (TPSA) is 0 Å². The maximum absolute atomic E-state index is 2.39. The second-order valence-corrected chi connectivity index (χ2v) is 3.78. The van der Waals surface area contributed by atoms with Crippen LogP contribution in [0.3, 0.4) is 0 Å². The molecule has 2 unspecified atom stereocenters. The van der Waals surface area contributed by atoms with Crippen molar-refractivity contribution in [1.82, 2.24) is 0 Å². The van der Waals surface area contributed by atoms with Gasteiger partial charge in [-0.3, -0.25) is 0 Å². The smallest absolute Gasteiger partial charge is 0.0391 e. The van der Waals surface area contributed by atoms with E-state index in [0.717, 1.165) is 11.8 Å². The molecule has 0 aromatic rings. The van der Waals surface area contributed by atoms with Crippen molar-refractivity contribution in [3.8, 4) is 0 Å². The molecule has 0 aromatic carbocycles. The Balaban J connectivity index is 0.000000292. The van der Waals surface area contributed by atoms with Crippen molar-refractivity contribution in [3.63, 3.8) is 0 Å². The molecule has 0 aliphatic heterocycles. The standard InChI is InChI=1S/C8H16.C3H8/c1-3-8-6-4-5-7(8)2;1-3-2/h7-8H,3-6H2,1-2H3;3H2,1-2H3. The first-order chi connectivity index (χ1) is 5.26. The minimum Gasteiger partial charge on any atom is -0.0656 e. The Morgan fingerprint density at radius 1 is 1.09 bits per heavy atom. The maximum atomic E-state index is 2.39. The molecule has 0 heterocycles. The van der Waals surface area contributed by atoms with E-state index in [-0.39, 0.29) is 0 Å². The molecule has 11 heavy (non-hydrogen) atoms. The lowest BCUT2D eigenvalue weighted by Gasteiger charge is -2.10. The van der Waals surface area contributed by atoms with E-state index in [1.807, 2.05) is 0 Å². The molecule has 68 valence electrons. The first-order valence-electron chi connectivity index (χ1n) is 5.26. The van der Waals surface area contributed by atoms with Gasteiger partial charge >= 0.3 is 0 Å². The molecule has 0 nitrogen and oxygen atoms in total. The Hall–Kier alpha value is 0. The third kappa shape index (κ3) is 4.44. The van der Waals surface area contributed by atoms with Crippen molar-refractivity contribution >= 4 is 0 Å². The minimum absolute atomic E-state index is 1.03. The predicted molar refractivity (Wildman–Crippen MR) is 52.8 cm³/mol. The highest BCUT2D eigenvalue weighted by Crippen LogP contribution is 2.32. The van der Waals surface area contributed by atoms with Gasteiger partial charge < -0.3 is 0 Å². The summed E-state index contributed by atoms with van der Waals surface area (Å²) < 4.78 is 0. The lowest BCUT2D eigenvalue weighted by molar-refractivity contribution is 0.407. The van der Waals surface area contributed by atoms with E-state index in [2.05, 4.69) is 27.7 Å². The zero-order valence-corrected chi connectivity index (χ0v) is 8.69. The van der Waals surface area contributed by atoms with Crippen LogP contribution >= 0.6 is 0 Å². The predicted octanol–water partition coefficient (Wildman–Crippen LogP) is 4.25. The van der Waals surface area contributed by atoms with Crippen molar-refractivity contribution in [2.75, 3.05) is 0 Å². The van der Waals surface area contributed by atoms with Gasteiger partial charge in [-0.2, -0.15) is 0 Å². The fraction of sp³-hybridized carbons (Fsp3) is 1.00. The van der Waals surface area contributed by atoms with Crippen LogP contribution < -0.4 is 0 Å². The molecule has 1 fully saturated rings. The minimum atomic E-state index is 1.03. The normalized spacial score (nSPS) is 29.5. The average Bonchev–Trinajstić information content (AvgIpc) is 2.36. The molecule has 1 saturated carbocycles. The molecule has 0 radical (unpaired) electrons. The Morgan fingerprint density at radius 3 is 1.82 bits per heavy atom. The van der Waals surface area contributed by atoms with Gasteiger partial charge in [-0.05, 0) is 11.8 Å². The third-order valence-electron chi connectivity index (χ3n) is 2.56. The quantitative estimate of drug-likeness (QED) is 0.532. The van der Waals surface area contributed by atoms with E-state index >= 15 is 0 Å². The van der Waals surface area contributed by atoms with Crippen LogP contribution in [0.1, 0.15) is 59.8 Å². The highest BCUT2D eigenvalue weighted by Gasteiger charge is 2.20. The monoisotopic (exact) mass is 156 g/mol. The largest absolute Gasteiger partial charge is 0.0656 e. The molecule has 2 atom stereocenters. The van der Waals surface area contributed by atoms with Crippen LogP contribution in [-0.2, 0) is 0 Å². The van der Waals surface area contributed by atoms with Crippen molar-refractivity contribution in [2.45, 2.75) is 59.8 Å². The summed E-state index contributed by atoms with van der Waals surface area (Å²) in [5.41, 5.74) is 0. The second kappa shape index (κ2) is 6.69. The van der Waals surface area contributed by atoms with Crippen LogP contribution in [0.4, 0.5) is 0 Å². The van der Waals surface area contributed by atoms with Crippen LogP contribution in [0.25, 0.3) is 0 Å². The molecule has 0 bridgehead atoms. The Labute approximate surface area is 72.4 Å². The van der Waals surface area contributed by atoms with Crippen LogP contribution in [0.2, 0.25) is 0 Å². The van der Waals surface area contributed by atoms with E-state index in [9.17, 15) is 0 Å². The molecular weight excluding hydrogens is 132 g/mol. The van der Waals surface area contributed by atoms with Gasteiger partial charge in [0, 0.05) is 0 Å². The van der Waals surface area contributed by atoms with Gasteiger partial charge in [-0.25, -0.2) is 0 Å². The molecule has 0 N–H and O–H groups in total. The summed E-state index contributed by atoms with van der Waals surface area (Å²) in [5, 5.41) is 0. The van der Waals surface area contributed by atoms with Crippen molar-refractivity contribution in [1.29, 1.82) is 0 Å². The molecule has 1 aliphatic carbocycles. The van der Waals surface area contributed by atoms with E-state index in [1.54, 1.807) is 0 Å². The number of hydrogen-bond acceptors (Lipinski definition) is 0. The van der Waals surface area contributed by atoms with Crippen LogP contribution in [-0.4, -0.2) is 0 Å². The number of hydrogen-bond donors (Lipinski definition) is 0. The summed E-state index contributed by atoms with van der Waals surface area (Å²) in [5.74, 6) is 2.09. The van der Waals surface area contributed by atoms with Gasteiger partial charge in [0.15, 0.2) is 0 Å². The lowest BCUT2D eigenvalue weighted by Crippen LogP contribution is -2.00. The Kier molecular flexibility index (Phi) is 6.69. The van der Waals surface area contributed by atoms with Gasteiger partial charge in [-0.1, -0.05) is 59.8 Å². The van der Waals surface area contributed by atoms with Crippen molar-refractivity contribution in [2.24, 2.45) is 11.8 Å². The maximum Gasteiger partial charge on any atom is -0.0391 e. The highest BCUT2D eigenvalue weighted by atomic mass is 14.3. The zero-order chi connectivity index (χ0) is 8.69. The van der Waals surface area contributed by atoms with E-state index < -0.39 is 0 Å². The lowest BCUT2D eigenvalue weighted by atomic mass is 9.96. The average molecular weight is 156 g/mol. The Bertz CT molecular complexity index is 76.1. The van der Waals surface area contributed by atoms with Gasteiger partial charge in [0.05, 0.1) is 0 Å². The zero-order valence-electron chi connectivity index (χ0n) is 8.69. The molecule has 0 spiro atoms. The van der Waals surface area contributed by atoms with Gasteiger partial charge in [0.25, 0.3) is 0 Å². The van der Waals surface area contributed by atoms with Crippen molar-refractivity contribution < 1.29 is 0 Å². The summed E-state index contributed by atoms with van der Waals surface area (Å²) in [6, 6.07) is 0. The van der Waals surface area contributed by atoms with Crippen LogP contribution in [0.15, 0.2) is 0 Å².